The Morgan fingerprint density at radius 3 is 2.24 bits per heavy atom. The maximum absolute atomic E-state index is 13.5. The molecule has 0 bridgehead atoms. The zero-order valence-corrected chi connectivity index (χ0v) is 15.3. The summed E-state index contributed by atoms with van der Waals surface area (Å²) in [6.45, 7) is 0.389. The van der Waals surface area contributed by atoms with Crippen molar-refractivity contribution in [2.75, 3.05) is 26.2 Å². The zero-order valence-electron chi connectivity index (χ0n) is 15.3. The Balaban J connectivity index is 1.92. The molecule has 0 aliphatic carbocycles. The molecule has 3 amide bonds. The van der Waals surface area contributed by atoms with Crippen LogP contribution in [0.1, 0.15) is 20.7 Å². The van der Waals surface area contributed by atoms with Crippen LogP contribution in [0, 0.1) is 11.6 Å². The van der Waals surface area contributed by atoms with E-state index in [1.165, 1.54) is 23.4 Å². The van der Waals surface area contributed by atoms with Gasteiger partial charge in [-0.05, 0) is 24.3 Å². The smallest absolute Gasteiger partial charge is 0.263 e. The van der Waals surface area contributed by atoms with Gasteiger partial charge in [0.15, 0.2) is 6.17 Å². The molecule has 0 saturated carbocycles. The van der Waals surface area contributed by atoms with Gasteiger partial charge >= 0.3 is 0 Å². The topological polar surface area (TPSA) is 109 Å². The maximum atomic E-state index is 13.5. The normalized spacial score (nSPS) is 16.0. The van der Waals surface area contributed by atoms with E-state index in [9.17, 15) is 23.2 Å². The predicted molar refractivity (Wildman–Crippen MR) is 98.5 cm³/mol. The lowest BCUT2D eigenvalue weighted by atomic mass is 10.1. The Morgan fingerprint density at radius 2 is 1.69 bits per heavy atom. The highest BCUT2D eigenvalue weighted by atomic mass is 19.1. The number of nitrogens with two attached hydrogens (primary N) is 1. The number of carbonyl (C=O) groups excluding carboxylic acids is 3. The first-order valence-corrected chi connectivity index (χ1v) is 8.88. The molecule has 1 saturated heterocycles. The van der Waals surface area contributed by atoms with Crippen molar-refractivity contribution in [2.24, 2.45) is 5.73 Å². The number of hydrogen-bond acceptors (Lipinski definition) is 5. The number of pyridine rings is 1. The van der Waals surface area contributed by atoms with Gasteiger partial charge in [0.25, 0.3) is 17.7 Å². The Kier molecular flexibility index (Phi) is 6.13. The van der Waals surface area contributed by atoms with Crippen LogP contribution in [0.25, 0.3) is 0 Å². The monoisotopic (exact) mass is 403 g/mol. The van der Waals surface area contributed by atoms with E-state index < -0.39 is 35.5 Å². The molecule has 152 valence electrons. The largest absolute Gasteiger partial charge is 0.351 e. The summed E-state index contributed by atoms with van der Waals surface area (Å²) >= 11 is 0. The second-order valence-electron chi connectivity index (χ2n) is 6.35. The second-order valence-corrected chi connectivity index (χ2v) is 6.35. The van der Waals surface area contributed by atoms with Gasteiger partial charge in [0.05, 0.1) is 5.56 Å². The summed E-state index contributed by atoms with van der Waals surface area (Å²) in [5.74, 6) is -3.71. The molecule has 29 heavy (non-hydrogen) atoms. The number of carbonyl (C=O) groups is 3. The Morgan fingerprint density at radius 1 is 1.07 bits per heavy atom. The van der Waals surface area contributed by atoms with Gasteiger partial charge in [-0.1, -0.05) is 0 Å². The average molecular weight is 403 g/mol. The maximum Gasteiger partial charge on any atom is 0.263 e. The van der Waals surface area contributed by atoms with E-state index in [1.807, 2.05) is 0 Å². The fourth-order valence-electron chi connectivity index (χ4n) is 3.12. The van der Waals surface area contributed by atoms with Crippen LogP contribution in [0.5, 0.6) is 0 Å². The van der Waals surface area contributed by atoms with Crippen molar-refractivity contribution in [1.29, 1.82) is 0 Å². The molecule has 3 N–H and O–H groups in total. The number of hydrogen-bond donors (Lipinski definition) is 2. The molecule has 8 nitrogen and oxygen atoms in total. The van der Waals surface area contributed by atoms with E-state index in [-0.39, 0.29) is 37.3 Å². The summed E-state index contributed by atoms with van der Waals surface area (Å²) in [5.41, 5.74) is 5.40. The molecule has 1 fully saturated rings. The van der Waals surface area contributed by atoms with Gasteiger partial charge in [0, 0.05) is 50.2 Å². The van der Waals surface area contributed by atoms with Crippen molar-refractivity contribution >= 4 is 17.7 Å². The van der Waals surface area contributed by atoms with Crippen LogP contribution >= 0.6 is 0 Å². The number of nitrogens with one attached hydrogen (secondary N) is 1. The van der Waals surface area contributed by atoms with Crippen LogP contribution in [0.2, 0.25) is 0 Å². The van der Waals surface area contributed by atoms with Crippen molar-refractivity contribution in [3.8, 4) is 0 Å². The number of nitrogens with zero attached hydrogens (tertiary/aromatic N) is 3. The van der Waals surface area contributed by atoms with E-state index in [2.05, 4.69) is 10.3 Å². The molecule has 1 aliphatic heterocycles. The summed E-state index contributed by atoms with van der Waals surface area (Å²) in [6, 6.07) is 5.52. The summed E-state index contributed by atoms with van der Waals surface area (Å²) in [5, 5.41) is 2.55. The third-order valence-corrected chi connectivity index (χ3v) is 4.39. The van der Waals surface area contributed by atoms with Crippen molar-refractivity contribution in [3.63, 3.8) is 0 Å². The quantitative estimate of drug-likeness (QED) is 0.749. The van der Waals surface area contributed by atoms with Gasteiger partial charge in [-0.15, -0.1) is 0 Å². The van der Waals surface area contributed by atoms with Crippen LogP contribution in [0.15, 0.2) is 42.7 Å². The Bertz CT molecular complexity index is 905. The number of halogens is 2. The molecule has 1 aromatic heterocycles. The molecular formula is C19H19F2N5O3. The summed E-state index contributed by atoms with van der Waals surface area (Å²) < 4.78 is 27.1. The summed E-state index contributed by atoms with van der Waals surface area (Å²) in [7, 11) is 0. The molecule has 10 heteroatoms. The molecule has 2 aromatic rings. The van der Waals surface area contributed by atoms with Crippen LogP contribution in [-0.4, -0.2) is 64.9 Å². The van der Waals surface area contributed by atoms with Gasteiger partial charge in [-0.25, -0.2) is 8.78 Å². The number of benzene rings is 1. The van der Waals surface area contributed by atoms with Gasteiger partial charge in [0.2, 0.25) is 0 Å². The van der Waals surface area contributed by atoms with E-state index in [4.69, 9.17) is 5.73 Å². The standard InChI is InChI=1S/C19H19F2N5O3/c20-14-8-13(9-15(21)10-14)19(29)26-7-6-25(17(26)16(27)24-5-3-22)18(28)12-2-1-4-23-11-12/h1-2,4,8-11,17H,3,5-7,22H2,(H,24,27). The van der Waals surface area contributed by atoms with Crippen LogP contribution in [0.4, 0.5) is 8.78 Å². The molecule has 1 atom stereocenters. The molecule has 1 aromatic carbocycles. The highest BCUT2D eigenvalue weighted by Crippen LogP contribution is 2.21. The average Bonchev–Trinajstić information content (AvgIpc) is 3.16. The minimum Gasteiger partial charge on any atom is -0.351 e. The zero-order chi connectivity index (χ0) is 21.0. The Labute approximate surface area is 165 Å². The van der Waals surface area contributed by atoms with Crippen molar-refractivity contribution < 1.29 is 23.2 Å². The van der Waals surface area contributed by atoms with Crippen LogP contribution in [0.3, 0.4) is 0 Å². The van der Waals surface area contributed by atoms with E-state index in [0.717, 1.165) is 17.0 Å². The third kappa shape index (κ3) is 4.37. The SMILES string of the molecule is NCCNC(=O)C1N(C(=O)c2cccnc2)CCN1C(=O)c1cc(F)cc(F)c1. The molecule has 0 spiro atoms. The van der Waals surface area contributed by atoms with Crippen LogP contribution < -0.4 is 11.1 Å². The number of aromatic nitrogens is 1. The fraction of sp³-hybridized carbons (Fsp3) is 0.263. The Hall–Kier alpha value is -3.40. The van der Waals surface area contributed by atoms with Crippen molar-refractivity contribution in [3.05, 3.63) is 65.5 Å². The third-order valence-electron chi connectivity index (χ3n) is 4.39. The van der Waals surface area contributed by atoms with Gasteiger partial charge in [-0.2, -0.15) is 0 Å². The van der Waals surface area contributed by atoms with Crippen molar-refractivity contribution in [1.82, 2.24) is 20.1 Å². The highest BCUT2D eigenvalue weighted by Gasteiger charge is 2.43. The van der Waals surface area contributed by atoms with E-state index >= 15 is 0 Å². The molecule has 1 aliphatic rings. The number of amides is 3. The second kappa shape index (κ2) is 8.74. The molecule has 3 rings (SSSR count). The first-order chi connectivity index (χ1) is 13.9. The molecular weight excluding hydrogens is 384 g/mol. The lowest BCUT2D eigenvalue weighted by Crippen LogP contribution is -2.54. The van der Waals surface area contributed by atoms with Gasteiger partial charge in [-0.3, -0.25) is 19.4 Å². The van der Waals surface area contributed by atoms with Gasteiger partial charge in [0.1, 0.15) is 11.6 Å². The fourth-order valence-corrected chi connectivity index (χ4v) is 3.12. The highest BCUT2D eigenvalue weighted by molar-refractivity contribution is 6.02. The number of rotatable bonds is 5. The first kappa shape index (κ1) is 20.3. The van der Waals surface area contributed by atoms with Gasteiger partial charge < -0.3 is 20.9 Å². The molecule has 1 unspecified atom stereocenters. The van der Waals surface area contributed by atoms with E-state index in [0.29, 0.717) is 6.07 Å². The van der Waals surface area contributed by atoms with Crippen LogP contribution in [-0.2, 0) is 4.79 Å². The predicted octanol–water partition coefficient (Wildman–Crippen LogP) is 0.359. The lowest BCUT2D eigenvalue weighted by molar-refractivity contribution is -0.128. The summed E-state index contributed by atoms with van der Waals surface area (Å²) in [6.07, 6.45) is 1.57. The first-order valence-electron chi connectivity index (χ1n) is 8.88. The minimum atomic E-state index is -1.28. The minimum absolute atomic E-state index is 0.0175. The summed E-state index contributed by atoms with van der Waals surface area (Å²) in [4.78, 5) is 44.7. The van der Waals surface area contributed by atoms with Crippen molar-refractivity contribution in [2.45, 2.75) is 6.17 Å². The molecule has 0 radical (unpaired) electrons. The lowest BCUT2D eigenvalue weighted by Gasteiger charge is -2.29. The van der Waals surface area contributed by atoms with E-state index in [1.54, 1.807) is 6.07 Å². The molecule has 2 heterocycles.